The van der Waals surface area contributed by atoms with Crippen LogP contribution >= 0.6 is 11.6 Å². The van der Waals surface area contributed by atoms with Crippen molar-refractivity contribution in [3.05, 3.63) is 40.9 Å². The molecule has 1 aliphatic carbocycles. The molecular formula is C31H43ClN4O4. The second kappa shape index (κ2) is 12.2. The standard InChI is InChI=1S/C31H43ClN4O4/c1-4-5-16-35(3)17-9-18-36-27(29(38)33-21-10-7-6-8-11-21)31-15-14-24(40-31)25(26(31)30(36)39)28(37)34-22-13-12-20(2)23(32)19-22/h12-15,19,21,24-27H,4-11,16-18H2,1-3H3,(H,33,38)(H,34,37)/t24-,25+,26-,27+,31+/m1/s1. The Hall–Kier alpha value is -2.42. The number of likely N-dealkylation sites (tertiary alicyclic amines) is 1. The van der Waals surface area contributed by atoms with Crippen molar-refractivity contribution in [1.82, 2.24) is 15.1 Å². The number of carbonyl (C=O) groups excluding carboxylic acids is 3. The van der Waals surface area contributed by atoms with Crippen LogP contribution < -0.4 is 10.6 Å². The molecule has 8 nitrogen and oxygen atoms in total. The molecule has 5 atom stereocenters. The first kappa shape index (κ1) is 29.1. The van der Waals surface area contributed by atoms with Gasteiger partial charge < -0.3 is 25.2 Å². The fraction of sp³-hybridized carbons (Fsp3) is 0.645. The van der Waals surface area contributed by atoms with E-state index in [2.05, 4.69) is 29.5 Å². The highest BCUT2D eigenvalue weighted by molar-refractivity contribution is 6.31. The molecule has 2 saturated heterocycles. The highest BCUT2D eigenvalue weighted by Gasteiger charge is 2.72. The van der Waals surface area contributed by atoms with E-state index >= 15 is 0 Å². The zero-order chi connectivity index (χ0) is 28.4. The van der Waals surface area contributed by atoms with Crippen LogP contribution in [0.1, 0.15) is 63.9 Å². The molecule has 3 amide bonds. The summed E-state index contributed by atoms with van der Waals surface area (Å²) >= 11 is 6.29. The summed E-state index contributed by atoms with van der Waals surface area (Å²) in [6.07, 6.45) is 11.5. The van der Waals surface area contributed by atoms with Crippen LogP contribution in [-0.4, -0.2) is 78.0 Å². The van der Waals surface area contributed by atoms with Crippen LogP contribution in [0, 0.1) is 18.8 Å². The number of unbranched alkanes of at least 4 members (excludes halogenated alkanes) is 1. The first-order chi connectivity index (χ1) is 19.2. The summed E-state index contributed by atoms with van der Waals surface area (Å²) in [7, 11) is 2.09. The van der Waals surface area contributed by atoms with Gasteiger partial charge >= 0.3 is 0 Å². The van der Waals surface area contributed by atoms with E-state index in [1.807, 2.05) is 25.1 Å². The highest BCUT2D eigenvalue weighted by atomic mass is 35.5. The summed E-state index contributed by atoms with van der Waals surface area (Å²) in [5.41, 5.74) is 0.352. The van der Waals surface area contributed by atoms with E-state index in [1.165, 1.54) is 6.42 Å². The Morgan fingerprint density at radius 2 is 1.90 bits per heavy atom. The molecule has 5 rings (SSSR count). The number of halogens is 1. The van der Waals surface area contributed by atoms with Crippen molar-refractivity contribution >= 4 is 35.0 Å². The van der Waals surface area contributed by atoms with Gasteiger partial charge in [0.05, 0.1) is 17.9 Å². The molecule has 40 heavy (non-hydrogen) atoms. The number of aryl methyl sites for hydroxylation is 1. The second-order valence-corrected chi connectivity index (χ2v) is 12.4. The van der Waals surface area contributed by atoms with Crippen LogP contribution in [0.5, 0.6) is 0 Å². The van der Waals surface area contributed by atoms with Crippen molar-refractivity contribution in [2.75, 3.05) is 32.0 Å². The SMILES string of the molecule is CCCCN(C)CCCN1C(=O)[C@H]2[C@@H](C(=O)Nc3ccc(C)c(Cl)c3)[C@H]3C=C[C@@]2(O3)[C@@H]1C(=O)NC1CCCCC1. The molecule has 3 heterocycles. The number of fused-ring (bicyclic) bond motifs is 1. The van der Waals surface area contributed by atoms with Gasteiger partial charge in [-0.25, -0.2) is 0 Å². The molecule has 9 heteroatoms. The number of hydrogen-bond donors (Lipinski definition) is 2. The van der Waals surface area contributed by atoms with Crippen LogP contribution in [0.4, 0.5) is 5.69 Å². The Bertz CT molecular complexity index is 1150. The normalized spacial score (nSPS) is 29.3. The number of hydrogen-bond acceptors (Lipinski definition) is 5. The predicted molar refractivity (Wildman–Crippen MR) is 156 cm³/mol. The van der Waals surface area contributed by atoms with Crippen molar-refractivity contribution in [3.8, 4) is 0 Å². The van der Waals surface area contributed by atoms with Gasteiger partial charge in [0.15, 0.2) is 0 Å². The van der Waals surface area contributed by atoms with E-state index < -0.39 is 29.6 Å². The maximum atomic E-state index is 14.1. The van der Waals surface area contributed by atoms with Crippen molar-refractivity contribution in [3.63, 3.8) is 0 Å². The van der Waals surface area contributed by atoms with Crippen molar-refractivity contribution in [1.29, 1.82) is 0 Å². The number of nitrogens with zero attached hydrogens (tertiary/aromatic N) is 2. The summed E-state index contributed by atoms with van der Waals surface area (Å²) in [5.74, 6) is -2.10. The minimum Gasteiger partial charge on any atom is -0.359 e. The summed E-state index contributed by atoms with van der Waals surface area (Å²) in [6.45, 7) is 6.35. The second-order valence-electron chi connectivity index (χ2n) is 12.0. The maximum Gasteiger partial charge on any atom is 0.246 e. The van der Waals surface area contributed by atoms with Crippen LogP contribution in [0.2, 0.25) is 5.02 Å². The Labute approximate surface area is 242 Å². The molecule has 0 unspecified atom stereocenters. The van der Waals surface area contributed by atoms with Crippen LogP contribution in [0.25, 0.3) is 0 Å². The molecular weight excluding hydrogens is 528 g/mol. The Morgan fingerprint density at radius 3 is 2.62 bits per heavy atom. The highest BCUT2D eigenvalue weighted by Crippen LogP contribution is 2.55. The third-order valence-electron chi connectivity index (χ3n) is 9.15. The molecule has 0 aromatic heterocycles. The van der Waals surface area contributed by atoms with Gasteiger partial charge in [-0.2, -0.15) is 0 Å². The van der Waals surface area contributed by atoms with Crippen molar-refractivity contribution in [2.45, 2.75) is 89.0 Å². The zero-order valence-corrected chi connectivity index (χ0v) is 24.7. The molecule has 0 radical (unpaired) electrons. The lowest BCUT2D eigenvalue weighted by Crippen LogP contribution is -2.56. The Morgan fingerprint density at radius 1 is 1.15 bits per heavy atom. The summed E-state index contributed by atoms with van der Waals surface area (Å²) in [4.78, 5) is 45.6. The lowest BCUT2D eigenvalue weighted by Gasteiger charge is -2.34. The minimum absolute atomic E-state index is 0.113. The number of nitrogens with one attached hydrogen (secondary N) is 2. The number of anilines is 1. The molecule has 3 aliphatic heterocycles. The summed E-state index contributed by atoms with van der Waals surface area (Å²) < 4.78 is 6.47. The quantitative estimate of drug-likeness (QED) is 0.387. The average Bonchev–Trinajstić information content (AvgIpc) is 3.57. The molecule has 2 bridgehead atoms. The molecule has 3 fully saturated rings. The Kier molecular flexibility index (Phi) is 8.88. The van der Waals surface area contributed by atoms with E-state index in [-0.39, 0.29) is 23.8 Å². The van der Waals surface area contributed by atoms with Gasteiger partial charge in [-0.15, -0.1) is 0 Å². The van der Waals surface area contributed by atoms with Crippen molar-refractivity contribution in [2.24, 2.45) is 11.8 Å². The van der Waals surface area contributed by atoms with Crippen LogP contribution in [0.3, 0.4) is 0 Å². The third-order valence-corrected chi connectivity index (χ3v) is 9.56. The van der Waals surface area contributed by atoms with Gasteiger partial charge in [0, 0.05) is 23.3 Å². The number of benzene rings is 1. The van der Waals surface area contributed by atoms with E-state index in [4.69, 9.17) is 16.3 Å². The van der Waals surface area contributed by atoms with Gasteiger partial charge in [0.2, 0.25) is 17.7 Å². The van der Waals surface area contributed by atoms with Gasteiger partial charge in [-0.1, -0.05) is 62.4 Å². The zero-order valence-electron chi connectivity index (χ0n) is 24.0. The first-order valence-corrected chi connectivity index (χ1v) is 15.4. The smallest absolute Gasteiger partial charge is 0.246 e. The summed E-state index contributed by atoms with van der Waals surface area (Å²) in [5, 5.41) is 6.77. The predicted octanol–water partition coefficient (Wildman–Crippen LogP) is 4.31. The monoisotopic (exact) mass is 570 g/mol. The molecule has 1 aromatic rings. The number of amides is 3. The maximum absolute atomic E-state index is 14.1. The average molecular weight is 571 g/mol. The van der Waals surface area contributed by atoms with Gasteiger partial charge in [0.1, 0.15) is 11.6 Å². The first-order valence-electron chi connectivity index (χ1n) is 15.0. The number of carbonyl (C=O) groups is 3. The molecule has 2 N–H and O–H groups in total. The van der Waals surface area contributed by atoms with Gasteiger partial charge in [-0.3, -0.25) is 14.4 Å². The van der Waals surface area contributed by atoms with Gasteiger partial charge in [-0.05, 0) is 70.4 Å². The van der Waals surface area contributed by atoms with E-state index in [9.17, 15) is 14.4 Å². The van der Waals surface area contributed by atoms with Crippen LogP contribution in [0.15, 0.2) is 30.4 Å². The summed E-state index contributed by atoms with van der Waals surface area (Å²) in [6, 6.07) is 4.69. The number of ether oxygens (including phenoxy) is 1. The lowest BCUT2D eigenvalue weighted by molar-refractivity contribution is -0.141. The molecule has 1 aromatic carbocycles. The fourth-order valence-electron chi connectivity index (χ4n) is 6.98. The van der Waals surface area contributed by atoms with E-state index in [1.54, 1.807) is 17.0 Å². The largest absolute Gasteiger partial charge is 0.359 e. The number of rotatable bonds is 11. The molecule has 1 saturated carbocycles. The van der Waals surface area contributed by atoms with E-state index in [0.717, 1.165) is 63.6 Å². The van der Waals surface area contributed by atoms with Gasteiger partial charge in [0.25, 0.3) is 0 Å². The van der Waals surface area contributed by atoms with E-state index in [0.29, 0.717) is 17.3 Å². The van der Waals surface area contributed by atoms with Crippen molar-refractivity contribution < 1.29 is 19.1 Å². The fourth-order valence-corrected chi connectivity index (χ4v) is 7.16. The lowest BCUT2D eigenvalue weighted by atomic mass is 9.74. The van der Waals surface area contributed by atoms with Crippen LogP contribution in [-0.2, 0) is 19.1 Å². The topological polar surface area (TPSA) is 91.0 Å². The minimum atomic E-state index is -1.14. The Balaban J connectivity index is 1.37. The molecule has 4 aliphatic rings. The molecule has 218 valence electrons. The third kappa shape index (κ3) is 5.55. The molecule has 1 spiro atoms.